The van der Waals surface area contributed by atoms with Gasteiger partial charge in [0.15, 0.2) is 5.75 Å². The smallest absolute Gasteiger partial charge is 0.339 e. The summed E-state index contributed by atoms with van der Waals surface area (Å²) in [5.41, 5.74) is -0.0775. The summed E-state index contributed by atoms with van der Waals surface area (Å²) in [5, 5.41) is 29.8. The van der Waals surface area contributed by atoms with E-state index in [0.29, 0.717) is 16.2 Å². The van der Waals surface area contributed by atoms with Crippen molar-refractivity contribution >= 4 is 49.0 Å². The lowest BCUT2D eigenvalue weighted by molar-refractivity contribution is 0.0694. The lowest BCUT2D eigenvalue weighted by Crippen LogP contribution is -1.98. The Morgan fingerprint density at radius 2 is 1.57 bits per heavy atom. The van der Waals surface area contributed by atoms with E-state index in [1.807, 2.05) is 0 Å². The zero-order valence-electron chi connectivity index (χ0n) is 15.2. The Kier molecular flexibility index (Phi) is 4.69. The van der Waals surface area contributed by atoms with Crippen LogP contribution >= 0.6 is 0 Å². The number of hydrogen-bond acceptors (Lipinski definition) is 6. The van der Waals surface area contributed by atoms with Crippen molar-refractivity contribution in [1.82, 2.24) is 0 Å². The van der Waals surface area contributed by atoms with Gasteiger partial charge in [0.2, 0.25) is 0 Å². The van der Waals surface area contributed by atoms with Crippen molar-refractivity contribution in [3.05, 3.63) is 72.3 Å². The third-order valence-electron chi connectivity index (χ3n) is 4.59. The first-order valence-corrected chi connectivity index (χ1v) is 10.1. The molecule has 0 fully saturated rings. The van der Waals surface area contributed by atoms with E-state index in [2.05, 4.69) is 10.2 Å². The predicted octanol–water partition coefficient (Wildman–Crippen LogP) is 5.06. The van der Waals surface area contributed by atoms with Gasteiger partial charge in [-0.15, -0.1) is 5.11 Å². The second-order valence-electron chi connectivity index (χ2n) is 6.48. The molecule has 4 aromatic carbocycles. The van der Waals surface area contributed by atoms with Gasteiger partial charge in [-0.05, 0) is 35.0 Å². The van der Waals surface area contributed by atoms with Crippen molar-refractivity contribution in [3.8, 4) is 5.75 Å². The largest absolute Gasteiger partial charge is 0.505 e. The van der Waals surface area contributed by atoms with Gasteiger partial charge >= 0.3 is 5.97 Å². The average Bonchev–Trinajstić information content (AvgIpc) is 2.71. The minimum Gasteiger partial charge on any atom is -0.505 e. The predicted molar refractivity (Wildman–Crippen MR) is 111 cm³/mol. The molecular weight excluding hydrogens is 408 g/mol. The van der Waals surface area contributed by atoms with Gasteiger partial charge in [0, 0.05) is 10.8 Å². The Morgan fingerprint density at radius 3 is 2.30 bits per heavy atom. The molecular formula is C21H14N2O6S. The van der Waals surface area contributed by atoms with Gasteiger partial charge in [-0.25, -0.2) is 4.79 Å². The molecule has 0 unspecified atom stereocenters. The van der Waals surface area contributed by atoms with E-state index in [-0.39, 0.29) is 27.2 Å². The number of phenols is 1. The molecule has 150 valence electrons. The van der Waals surface area contributed by atoms with Crippen LogP contribution in [0.1, 0.15) is 10.4 Å². The van der Waals surface area contributed by atoms with E-state index in [9.17, 15) is 28.0 Å². The normalized spacial score (nSPS) is 12.0. The van der Waals surface area contributed by atoms with Crippen molar-refractivity contribution < 1.29 is 28.0 Å². The number of aromatic carboxylic acids is 1. The van der Waals surface area contributed by atoms with Gasteiger partial charge in [-0.3, -0.25) is 4.55 Å². The summed E-state index contributed by atoms with van der Waals surface area (Å²) in [6, 6.07) is 17.2. The van der Waals surface area contributed by atoms with Crippen LogP contribution in [0.5, 0.6) is 5.75 Å². The van der Waals surface area contributed by atoms with E-state index in [0.717, 1.165) is 0 Å². The van der Waals surface area contributed by atoms with Crippen LogP contribution in [0.15, 0.2) is 81.9 Å². The molecule has 4 aromatic rings. The third kappa shape index (κ3) is 3.47. The van der Waals surface area contributed by atoms with Crippen molar-refractivity contribution in [3.63, 3.8) is 0 Å². The maximum Gasteiger partial charge on any atom is 0.339 e. The zero-order chi connectivity index (χ0) is 21.5. The monoisotopic (exact) mass is 422 g/mol. The summed E-state index contributed by atoms with van der Waals surface area (Å²) in [7, 11) is -4.44. The number of carboxylic acid groups (broad SMARTS) is 1. The lowest BCUT2D eigenvalue weighted by atomic mass is 10.0. The third-order valence-corrected chi connectivity index (χ3v) is 5.51. The Morgan fingerprint density at radius 1 is 0.833 bits per heavy atom. The first-order valence-electron chi connectivity index (χ1n) is 8.66. The van der Waals surface area contributed by atoms with Crippen LogP contribution in [0.25, 0.3) is 21.5 Å². The summed E-state index contributed by atoms with van der Waals surface area (Å²) >= 11 is 0. The van der Waals surface area contributed by atoms with Crippen molar-refractivity contribution in [2.75, 3.05) is 0 Å². The highest BCUT2D eigenvalue weighted by Crippen LogP contribution is 2.39. The molecule has 0 radical (unpaired) electrons. The number of fused-ring (bicyclic) bond motifs is 2. The number of aromatic hydroxyl groups is 1. The molecule has 0 aromatic heterocycles. The molecule has 30 heavy (non-hydrogen) atoms. The van der Waals surface area contributed by atoms with Crippen LogP contribution < -0.4 is 0 Å². The van der Waals surface area contributed by atoms with Crippen LogP contribution in [-0.4, -0.2) is 29.2 Å². The highest BCUT2D eigenvalue weighted by molar-refractivity contribution is 7.86. The highest BCUT2D eigenvalue weighted by Gasteiger charge is 2.18. The molecule has 0 aliphatic rings. The van der Waals surface area contributed by atoms with Gasteiger partial charge in [0.25, 0.3) is 10.1 Å². The molecule has 0 heterocycles. The molecule has 9 heteroatoms. The van der Waals surface area contributed by atoms with Crippen LogP contribution in [0.4, 0.5) is 11.4 Å². The summed E-state index contributed by atoms with van der Waals surface area (Å²) in [6.45, 7) is 0. The SMILES string of the molecule is O=C(O)c1cc2ccccc2c(N=Nc2ccc3cccc(S(=O)(=O)O)c3c2)c1O. The molecule has 0 spiro atoms. The molecule has 0 aliphatic heterocycles. The Hall–Kier alpha value is -3.82. The Bertz CT molecular complexity index is 1460. The molecule has 0 aliphatic carbocycles. The van der Waals surface area contributed by atoms with Gasteiger partial charge in [-0.2, -0.15) is 13.5 Å². The van der Waals surface area contributed by atoms with Crippen molar-refractivity contribution in [2.24, 2.45) is 10.2 Å². The topological polar surface area (TPSA) is 137 Å². The fourth-order valence-electron chi connectivity index (χ4n) is 3.21. The van der Waals surface area contributed by atoms with Gasteiger partial charge < -0.3 is 10.2 Å². The van der Waals surface area contributed by atoms with Crippen LogP contribution in [0.2, 0.25) is 0 Å². The average molecular weight is 422 g/mol. The highest BCUT2D eigenvalue weighted by atomic mass is 32.2. The fourth-order valence-corrected chi connectivity index (χ4v) is 3.91. The van der Waals surface area contributed by atoms with E-state index < -0.39 is 21.8 Å². The molecule has 0 amide bonds. The van der Waals surface area contributed by atoms with Crippen molar-refractivity contribution in [1.29, 1.82) is 0 Å². The molecule has 3 N–H and O–H groups in total. The van der Waals surface area contributed by atoms with Gasteiger partial charge in [-0.1, -0.05) is 42.5 Å². The standard InChI is InChI=1S/C21H14N2O6S/c24-20-17(21(25)26)10-13-4-1-2-6-15(13)19(20)23-22-14-9-8-12-5-3-7-18(16(12)11-14)30(27,28)29/h1-11,24H,(H,25,26)(H,27,28,29). The summed E-state index contributed by atoms with van der Waals surface area (Å²) in [6.07, 6.45) is 0. The molecule has 0 saturated carbocycles. The van der Waals surface area contributed by atoms with Crippen molar-refractivity contribution in [2.45, 2.75) is 4.90 Å². The number of benzene rings is 4. The Labute approximate surface area is 170 Å². The zero-order valence-corrected chi connectivity index (χ0v) is 16.0. The van der Waals surface area contributed by atoms with Gasteiger partial charge in [0.05, 0.1) is 5.69 Å². The minimum absolute atomic E-state index is 0.0198. The first-order chi connectivity index (χ1) is 14.3. The van der Waals surface area contributed by atoms with Gasteiger partial charge in [0.1, 0.15) is 16.1 Å². The molecule has 8 nitrogen and oxygen atoms in total. The number of hydrogen-bond donors (Lipinski definition) is 3. The number of nitrogens with zero attached hydrogens (tertiary/aromatic N) is 2. The minimum atomic E-state index is -4.44. The quantitative estimate of drug-likeness (QED) is 0.311. The van der Waals surface area contributed by atoms with Crippen LogP contribution in [0, 0.1) is 0 Å². The summed E-state index contributed by atoms with van der Waals surface area (Å²) in [5.74, 6) is -1.83. The number of carbonyl (C=O) groups is 1. The van der Waals surface area contributed by atoms with E-state index in [1.165, 1.54) is 24.3 Å². The number of carboxylic acids is 1. The molecule has 0 atom stereocenters. The molecule has 0 bridgehead atoms. The first kappa shape index (κ1) is 19.5. The van der Waals surface area contributed by atoms with Crippen LogP contribution in [0.3, 0.4) is 0 Å². The second kappa shape index (κ2) is 7.21. The number of azo groups is 1. The molecule has 0 saturated heterocycles. The lowest BCUT2D eigenvalue weighted by Gasteiger charge is -2.08. The van der Waals surface area contributed by atoms with E-state index >= 15 is 0 Å². The maximum atomic E-state index is 11.6. The summed E-state index contributed by atoms with van der Waals surface area (Å²) in [4.78, 5) is 11.2. The Balaban J connectivity index is 1.89. The van der Waals surface area contributed by atoms with Crippen LogP contribution in [-0.2, 0) is 10.1 Å². The number of rotatable bonds is 4. The fraction of sp³-hybridized carbons (Fsp3) is 0. The second-order valence-corrected chi connectivity index (χ2v) is 7.87. The van der Waals surface area contributed by atoms with E-state index in [4.69, 9.17) is 0 Å². The molecule has 4 rings (SSSR count). The van der Waals surface area contributed by atoms with E-state index in [1.54, 1.807) is 42.5 Å². The summed E-state index contributed by atoms with van der Waals surface area (Å²) < 4.78 is 32.7. The maximum absolute atomic E-state index is 11.6.